The first-order chi connectivity index (χ1) is 7.72. The second-order valence-corrected chi connectivity index (χ2v) is 3.46. The molecular formula is C12H12FN3. The van der Waals surface area contributed by atoms with E-state index in [1.54, 1.807) is 7.05 Å². The predicted octanol–water partition coefficient (Wildman–Crippen LogP) is 2.63. The Morgan fingerprint density at radius 1 is 1.25 bits per heavy atom. The monoisotopic (exact) mass is 217 g/mol. The van der Waals surface area contributed by atoms with Gasteiger partial charge < -0.3 is 5.32 Å². The van der Waals surface area contributed by atoms with Crippen molar-refractivity contribution in [1.82, 2.24) is 9.97 Å². The van der Waals surface area contributed by atoms with Crippen LogP contribution in [0.4, 0.5) is 10.3 Å². The Hall–Kier alpha value is -1.97. The summed E-state index contributed by atoms with van der Waals surface area (Å²) in [4.78, 5) is 7.94. The van der Waals surface area contributed by atoms with E-state index in [9.17, 15) is 4.39 Å². The fraction of sp³-hybridized carbons (Fsp3) is 0.167. The van der Waals surface area contributed by atoms with E-state index in [0.717, 1.165) is 11.1 Å². The molecule has 0 aliphatic carbocycles. The molecule has 2 rings (SSSR count). The molecule has 1 aromatic carbocycles. The van der Waals surface area contributed by atoms with E-state index in [2.05, 4.69) is 15.3 Å². The number of benzene rings is 1. The van der Waals surface area contributed by atoms with Gasteiger partial charge in [-0.05, 0) is 12.5 Å². The summed E-state index contributed by atoms with van der Waals surface area (Å²) in [6.07, 6.45) is 1.18. The van der Waals surface area contributed by atoms with Crippen LogP contribution in [-0.4, -0.2) is 17.0 Å². The molecule has 4 heteroatoms. The normalized spacial score (nSPS) is 10.2. The molecule has 0 unspecified atom stereocenters. The molecule has 0 saturated carbocycles. The topological polar surface area (TPSA) is 37.8 Å². The van der Waals surface area contributed by atoms with E-state index in [1.807, 2.05) is 31.2 Å². The second-order valence-electron chi connectivity index (χ2n) is 3.46. The van der Waals surface area contributed by atoms with Crippen LogP contribution in [0.3, 0.4) is 0 Å². The fourth-order valence-electron chi connectivity index (χ4n) is 1.52. The van der Waals surface area contributed by atoms with Crippen molar-refractivity contribution < 1.29 is 4.39 Å². The van der Waals surface area contributed by atoms with Crippen LogP contribution in [0.5, 0.6) is 0 Å². The largest absolute Gasteiger partial charge is 0.357 e. The van der Waals surface area contributed by atoms with E-state index >= 15 is 0 Å². The van der Waals surface area contributed by atoms with Gasteiger partial charge in [0.1, 0.15) is 5.69 Å². The maximum absolute atomic E-state index is 13.6. The third-order valence-corrected chi connectivity index (χ3v) is 2.37. The zero-order valence-corrected chi connectivity index (χ0v) is 9.16. The number of halogens is 1. The molecule has 2 aromatic rings. The van der Waals surface area contributed by atoms with Crippen LogP contribution in [0.1, 0.15) is 5.56 Å². The molecule has 1 heterocycles. The minimum Gasteiger partial charge on any atom is -0.357 e. The van der Waals surface area contributed by atoms with Gasteiger partial charge in [0, 0.05) is 12.6 Å². The molecule has 0 saturated heterocycles. The lowest BCUT2D eigenvalue weighted by Gasteiger charge is -2.07. The van der Waals surface area contributed by atoms with Crippen molar-refractivity contribution in [3.63, 3.8) is 0 Å². The summed E-state index contributed by atoms with van der Waals surface area (Å²) in [5.74, 6) is 0.00736. The highest BCUT2D eigenvalue weighted by molar-refractivity contribution is 5.64. The van der Waals surface area contributed by atoms with E-state index < -0.39 is 5.82 Å². The number of anilines is 1. The van der Waals surface area contributed by atoms with Gasteiger partial charge in [-0.3, -0.25) is 0 Å². The average molecular weight is 217 g/mol. The second kappa shape index (κ2) is 4.26. The highest BCUT2D eigenvalue weighted by Gasteiger charge is 2.10. The molecule has 0 aliphatic heterocycles. The Balaban J connectivity index is 2.59. The lowest BCUT2D eigenvalue weighted by Crippen LogP contribution is -2.00. The van der Waals surface area contributed by atoms with Gasteiger partial charge in [-0.2, -0.15) is 0 Å². The number of nitrogens with zero attached hydrogens (tertiary/aromatic N) is 2. The predicted molar refractivity (Wildman–Crippen MR) is 61.7 cm³/mol. The Labute approximate surface area is 93.4 Å². The molecular weight excluding hydrogens is 205 g/mol. The summed E-state index contributed by atoms with van der Waals surface area (Å²) >= 11 is 0. The van der Waals surface area contributed by atoms with Crippen LogP contribution < -0.4 is 5.32 Å². The van der Waals surface area contributed by atoms with Crippen LogP contribution in [0.2, 0.25) is 0 Å². The van der Waals surface area contributed by atoms with E-state index in [1.165, 1.54) is 6.20 Å². The van der Waals surface area contributed by atoms with Crippen LogP contribution in [0.15, 0.2) is 30.5 Å². The first kappa shape index (κ1) is 10.5. The van der Waals surface area contributed by atoms with Gasteiger partial charge in [-0.15, -0.1) is 0 Å². The van der Waals surface area contributed by atoms with E-state index in [4.69, 9.17) is 0 Å². The molecule has 0 bridgehead atoms. The molecule has 0 fully saturated rings. The molecule has 0 aliphatic rings. The lowest BCUT2D eigenvalue weighted by atomic mass is 10.1. The number of hydrogen-bond acceptors (Lipinski definition) is 3. The van der Waals surface area contributed by atoms with Gasteiger partial charge in [0.25, 0.3) is 0 Å². The summed E-state index contributed by atoms with van der Waals surface area (Å²) < 4.78 is 13.6. The molecule has 3 nitrogen and oxygen atoms in total. The van der Waals surface area contributed by atoms with Crippen LogP contribution in [0.25, 0.3) is 11.3 Å². The Morgan fingerprint density at radius 3 is 2.69 bits per heavy atom. The van der Waals surface area contributed by atoms with E-state index in [0.29, 0.717) is 11.6 Å². The van der Waals surface area contributed by atoms with Crippen molar-refractivity contribution in [2.45, 2.75) is 6.92 Å². The number of aryl methyl sites for hydroxylation is 1. The molecule has 1 aromatic heterocycles. The molecule has 1 N–H and O–H groups in total. The van der Waals surface area contributed by atoms with Crippen LogP contribution in [-0.2, 0) is 0 Å². The fourth-order valence-corrected chi connectivity index (χ4v) is 1.52. The SMILES string of the molecule is CNc1ncc(F)c(-c2ccccc2C)n1. The number of nitrogens with one attached hydrogen (secondary N) is 1. The zero-order valence-electron chi connectivity index (χ0n) is 9.16. The third-order valence-electron chi connectivity index (χ3n) is 2.37. The van der Waals surface area contributed by atoms with Crippen molar-refractivity contribution in [3.05, 3.63) is 41.8 Å². The van der Waals surface area contributed by atoms with Gasteiger partial charge in [-0.25, -0.2) is 14.4 Å². The van der Waals surface area contributed by atoms with Crippen molar-refractivity contribution >= 4 is 5.95 Å². The van der Waals surface area contributed by atoms with Crippen molar-refractivity contribution in [1.29, 1.82) is 0 Å². The summed E-state index contributed by atoms with van der Waals surface area (Å²) in [5.41, 5.74) is 2.11. The molecule has 0 radical (unpaired) electrons. The van der Waals surface area contributed by atoms with Crippen LogP contribution in [0, 0.1) is 12.7 Å². The van der Waals surface area contributed by atoms with Gasteiger partial charge in [0.2, 0.25) is 5.95 Å². The van der Waals surface area contributed by atoms with E-state index in [-0.39, 0.29) is 0 Å². The summed E-state index contributed by atoms with van der Waals surface area (Å²) in [7, 11) is 1.70. The molecule has 0 amide bonds. The molecule has 82 valence electrons. The lowest BCUT2D eigenvalue weighted by molar-refractivity contribution is 0.618. The highest BCUT2D eigenvalue weighted by Crippen LogP contribution is 2.24. The summed E-state index contributed by atoms with van der Waals surface area (Å²) in [6.45, 7) is 1.93. The van der Waals surface area contributed by atoms with Gasteiger partial charge in [0.15, 0.2) is 5.82 Å². The Morgan fingerprint density at radius 2 is 2.00 bits per heavy atom. The van der Waals surface area contributed by atoms with Crippen molar-refractivity contribution in [2.75, 3.05) is 12.4 Å². The maximum Gasteiger partial charge on any atom is 0.223 e. The maximum atomic E-state index is 13.6. The Kier molecular flexibility index (Phi) is 2.81. The van der Waals surface area contributed by atoms with Gasteiger partial charge in [-0.1, -0.05) is 24.3 Å². The third kappa shape index (κ3) is 1.86. The van der Waals surface area contributed by atoms with Crippen LogP contribution >= 0.6 is 0 Å². The first-order valence-electron chi connectivity index (χ1n) is 4.98. The molecule has 0 spiro atoms. The smallest absolute Gasteiger partial charge is 0.223 e. The highest BCUT2D eigenvalue weighted by atomic mass is 19.1. The van der Waals surface area contributed by atoms with Gasteiger partial charge in [0.05, 0.1) is 6.20 Å². The summed E-state index contributed by atoms with van der Waals surface area (Å²) in [6, 6.07) is 7.55. The number of rotatable bonds is 2. The standard InChI is InChI=1S/C12H12FN3/c1-8-5-3-4-6-9(8)11-10(13)7-15-12(14-2)16-11/h3-7H,1-2H3,(H,14,15,16). The molecule has 0 atom stereocenters. The van der Waals surface area contributed by atoms with Crippen molar-refractivity contribution in [3.8, 4) is 11.3 Å². The van der Waals surface area contributed by atoms with Crippen molar-refractivity contribution in [2.24, 2.45) is 0 Å². The molecule has 16 heavy (non-hydrogen) atoms. The number of aromatic nitrogens is 2. The number of hydrogen-bond donors (Lipinski definition) is 1. The quantitative estimate of drug-likeness (QED) is 0.840. The Bertz CT molecular complexity index is 511. The minimum absolute atomic E-state index is 0.331. The average Bonchev–Trinajstić information content (AvgIpc) is 2.31. The summed E-state index contributed by atoms with van der Waals surface area (Å²) in [5, 5.41) is 2.79. The zero-order chi connectivity index (χ0) is 11.5. The van der Waals surface area contributed by atoms with Gasteiger partial charge >= 0.3 is 0 Å². The first-order valence-corrected chi connectivity index (χ1v) is 4.98. The minimum atomic E-state index is -0.409.